The fourth-order valence-corrected chi connectivity index (χ4v) is 4.54. The SMILES string of the molecule is CO[C@]12C3=C[C@H](O)C[C@H]1c1cc4c(cc1C=[N+]2CC3)OCO4. The van der Waals surface area contributed by atoms with Crippen molar-refractivity contribution >= 4 is 6.21 Å². The standard InChI is InChI=1S/C17H18NO4/c1-20-17-11-2-3-18(17)8-10-4-15-16(22-9-21-15)7-13(10)14(17)6-12(19)5-11/h4-5,7-8,12,14,19H,2-3,6,9H2,1H3/q+1/t12-,14-,17+/m0/s1. The van der Waals surface area contributed by atoms with Crippen molar-refractivity contribution in [2.45, 2.75) is 30.6 Å². The molecule has 0 amide bonds. The van der Waals surface area contributed by atoms with Crippen molar-refractivity contribution in [1.82, 2.24) is 0 Å². The fourth-order valence-electron chi connectivity index (χ4n) is 4.54. The average molecular weight is 300 g/mol. The fraction of sp³-hybridized carbons (Fsp3) is 0.471. The molecule has 0 bridgehead atoms. The first-order valence-electron chi connectivity index (χ1n) is 7.72. The molecule has 4 aliphatic rings. The molecule has 0 aromatic heterocycles. The van der Waals surface area contributed by atoms with Crippen LogP contribution in [0.15, 0.2) is 23.8 Å². The maximum absolute atomic E-state index is 10.3. The summed E-state index contributed by atoms with van der Waals surface area (Å²) in [5.74, 6) is 1.69. The summed E-state index contributed by atoms with van der Waals surface area (Å²) >= 11 is 0. The molecule has 0 radical (unpaired) electrons. The normalized spacial score (nSPS) is 33.9. The number of aliphatic hydroxyl groups excluding tert-OH is 1. The molecule has 3 atom stereocenters. The van der Waals surface area contributed by atoms with Gasteiger partial charge in [-0.1, -0.05) is 0 Å². The molecule has 1 fully saturated rings. The van der Waals surface area contributed by atoms with Crippen molar-refractivity contribution in [1.29, 1.82) is 0 Å². The Bertz CT molecular complexity index is 738. The van der Waals surface area contributed by atoms with Crippen LogP contribution < -0.4 is 9.47 Å². The lowest BCUT2D eigenvalue weighted by molar-refractivity contribution is -0.635. The van der Waals surface area contributed by atoms with Gasteiger partial charge in [-0.2, -0.15) is 0 Å². The van der Waals surface area contributed by atoms with Gasteiger partial charge in [0.25, 0.3) is 5.72 Å². The lowest BCUT2D eigenvalue weighted by atomic mass is 9.73. The van der Waals surface area contributed by atoms with Gasteiger partial charge in [0.2, 0.25) is 6.79 Å². The topological polar surface area (TPSA) is 50.9 Å². The van der Waals surface area contributed by atoms with Gasteiger partial charge in [-0.3, -0.25) is 0 Å². The van der Waals surface area contributed by atoms with Crippen LogP contribution in [0.4, 0.5) is 0 Å². The van der Waals surface area contributed by atoms with Crippen LogP contribution in [-0.2, 0) is 4.74 Å². The summed E-state index contributed by atoms with van der Waals surface area (Å²) in [6.07, 6.45) is 5.31. The van der Waals surface area contributed by atoms with E-state index < -0.39 is 11.8 Å². The van der Waals surface area contributed by atoms with Crippen molar-refractivity contribution in [3.8, 4) is 11.5 Å². The number of methoxy groups -OCH3 is 1. The van der Waals surface area contributed by atoms with E-state index in [1.54, 1.807) is 7.11 Å². The quantitative estimate of drug-likeness (QED) is 0.629. The zero-order chi connectivity index (χ0) is 14.9. The van der Waals surface area contributed by atoms with Gasteiger partial charge >= 0.3 is 0 Å². The third kappa shape index (κ3) is 1.38. The van der Waals surface area contributed by atoms with Crippen LogP contribution in [0.2, 0.25) is 0 Å². The lowest BCUT2D eigenvalue weighted by Gasteiger charge is -2.40. The molecule has 1 aromatic rings. The van der Waals surface area contributed by atoms with Crippen LogP contribution >= 0.6 is 0 Å². The first kappa shape index (κ1) is 12.7. The van der Waals surface area contributed by atoms with E-state index in [2.05, 4.69) is 16.9 Å². The molecule has 22 heavy (non-hydrogen) atoms. The number of hydrogen-bond acceptors (Lipinski definition) is 4. The molecule has 1 aromatic carbocycles. The molecule has 3 aliphatic heterocycles. The molecule has 5 nitrogen and oxygen atoms in total. The molecule has 3 heterocycles. The molecule has 5 rings (SSSR count). The van der Waals surface area contributed by atoms with E-state index in [0.29, 0.717) is 6.42 Å². The number of aliphatic hydroxyl groups is 1. The van der Waals surface area contributed by atoms with Gasteiger partial charge in [-0.25, -0.2) is 4.58 Å². The monoisotopic (exact) mass is 300 g/mol. The highest BCUT2D eigenvalue weighted by Gasteiger charge is 2.61. The number of rotatable bonds is 1. The largest absolute Gasteiger partial charge is 0.454 e. The molecular weight excluding hydrogens is 282 g/mol. The summed E-state index contributed by atoms with van der Waals surface area (Å²) in [6.45, 7) is 1.19. The predicted molar refractivity (Wildman–Crippen MR) is 78.7 cm³/mol. The van der Waals surface area contributed by atoms with E-state index in [9.17, 15) is 5.11 Å². The van der Waals surface area contributed by atoms with Gasteiger partial charge in [-0.15, -0.1) is 0 Å². The van der Waals surface area contributed by atoms with Crippen LogP contribution in [0.1, 0.15) is 29.9 Å². The zero-order valence-corrected chi connectivity index (χ0v) is 12.4. The van der Waals surface area contributed by atoms with Crippen molar-refractivity contribution in [2.75, 3.05) is 20.4 Å². The summed E-state index contributed by atoms with van der Waals surface area (Å²) in [4.78, 5) is 0. The average Bonchev–Trinajstić information content (AvgIpc) is 3.10. The maximum Gasteiger partial charge on any atom is 0.297 e. The van der Waals surface area contributed by atoms with E-state index in [1.165, 1.54) is 11.1 Å². The first-order chi connectivity index (χ1) is 10.7. The van der Waals surface area contributed by atoms with Crippen LogP contribution in [0, 0.1) is 0 Å². The Morgan fingerprint density at radius 1 is 1.32 bits per heavy atom. The highest BCUT2D eigenvalue weighted by molar-refractivity contribution is 5.82. The Morgan fingerprint density at radius 3 is 2.95 bits per heavy atom. The van der Waals surface area contributed by atoms with Gasteiger partial charge in [0.15, 0.2) is 17.7 Å². The summed E-state index contributed by atoms with van der Waals surface area (Å²) in [5, 5.41) is 10.3. The van der Waals surface area contributed by atoms with Gasteiger partial charge in [0.1, 0.15) is 6.54 Å². The highest BCUT2D eigenvalue weighted by atomic mass is 16.7. The van der Waals surface area contributed by atoms with Gasteiger partial charge in [0, 0.05) is 24.7 Å². The van der Waals surface area contributed by atoms with Crippen LogP contribution in [0.25, 0.3) is 0 Å². The third-order valence-corrected chi connectivity index (χ3v) is 5.41. The molecule has 1 N–H and O–H groups in total. The Hall–Kier alpha value is -1.85. The number of fused-ring (bicyclic) bond motifs is 3. The summed E-state index contributed by atoms with van der Waals surface area (Å²) in [6, 6.07) is 4.10. The summed E-state index contributed by atoms with van der Waals surface area (Å²) in [5.41, 5.74) is 3.06. The molecule has 5 heteroatoms. The Kier molecular flexibility index (Phi) is 2.37. The molecule has 114 valence electrons. The number of nitrogens with zero attached hydrogens (tertiary/aromatic N) is 1. The van der Waals surface area contributed by atoms with Gasteiger partial charge in [0.05, 0.1) is 12.0 Å². The van der Waals surface area contributed by atoms with E-state index in [-0.39, 0.29) is 12.7 Å². The van der Waals surface area contributed by atoms with Crippen molar-refractivity contribution in [3.63, 3.8) is 0 Å². The molecule has 0 spiro atoms. The minimum atomic E-state index is -0.445. The Labute approximate surface area is 128 Å². The van der Waals surface area contributed by atoms with Gasteiger partial charge in [-0.05, 0) is 30.2 Å². The highest BCUT2D eigenvalue weighted by Crippen LogP contribution is 2.52. The summed E-state index contributed by atoms with van der Waals surface area (Å²) in [7, 11) is 1.77. The zero-order valence-electron chi connectivity index (χ0n) is 12.4. The van der Waals surface area contributed by atoms with Crippen LogP contribution in [0.5, 0.6) is 11.5 Å². The Morgan fingerprint density at radius 2 is 2.14 bits per heavy atom. The second kappa shape index (κ2) is 4.12. The molecule has 1 saturated heterocycles. The summed E-state index contributed by atoms with van der Waals surface area (Å²) < 4.78 is 19.4. The number of ether oxygens (including phenoxy) is 3. The van der Waals surface area contributed by atoms with E-state index in [1.807, 2.05) is 12.1 Å². The molecule has 0 unspecified atom stereocenters. The van der Waals surface area contributed by atoms with Gasteiger partial charge < -0.3 is 19.3 Å². The van der Waals surface area contributed by atoms with Crippen molar-refractivity contribution in [3.05, 3.63) is 34.9 Å². The van der Waals surface area contributed by atoms with Crippen LogP contribution in [0.3, 0.4) is 0 Å². The maximum atomic E-state index is 10.3. The van der Waals surface area contributed by atoms with E-state index >= 15 is 0 Å². The second-order valence-corrected chi connectivity index (χ2v) is 6.35. The first-order valence-corrected chi connectivity index (χ1v) is 7.72. The third-order valence-electron chi connectivity index (χ3n) is 5.41. The molecule has 0 saturated carbocycles. The van der Waals surface area contributed by atoms with Crippen molar-refractivity contribution < 1.29 is 23.9 Å². The second-order valence-electron chi connectivity index (χ2n) is 6.35. The van der Waals surface area contributed by atoms with Crippen LogP contribution in [-0.4, -0.2) is 48.2 Å². The number of hydrogen-bond donors (Lipinski definition) is 1. The van der Waals surface area contributed by atoms with E-state index in [4.69, 9.17) is 14.2 Å². The Balaban J connectivity index is 1.77. The minimum absolute atomic E-state index is 0.101. The molecular formula is C17H18NO4+. The minimum Gasteiger partial charge on any atom is -0.454 e. The van der Waals surface area contributed by atoms with Crippen molar-refractivity contribution in [2.24, 2.45) is 0 Å². The predicted octanol–water partition coefficient (Wildman–Crippen LogP) is 1.38. The number of benzene rings is 1. The molecule has 1 aliphatic carbocycles. The smallest absolute Gasteiger partial charge is 0.297 e. The van der Waals surface area contributed by atoms with E-state index in [0.717, 1.165) is 30.0 Å². The lowest BCUT2D eigenvalue weighted by Crippen LogP contribution is -2.52.